The highest BCUT2D eigenvalue weighted by atomic mass is 79.9. The summed E-state index contributed by atoms with van der Waals surface area (Å²) in [6.45, 7) is 0. The molecule has 1 aliphatic heterocycles. The number of nitrogens with zero attached hydrogens (tertiary/aromatic N) is 1. The van der Waals surface area contributed by atoms with Crippen LogP contribution in [0.5, 0.6) is 11.5 Å². The fourth-order valence-electron chi connectivity index (χ4n) is 2.48. The van der Waals surface area contributed by atoms with Crippen LogP contribution in [0.1, 0.15) is 17.4 Å². The van der Waals surface area contributed by atoms with Gasteiger partial charge in [-0.1, -0.05) is 6.07 Å². The fraction of sp³-hybridized carbons (Fsp3) is 0.176. The highest BCUT2D eigenvalue weighted by Gasteiger charge is 2.26. The van der Waals surface area contributed by atoms with Crippen LogP contribution in [0.3, 0.4) is 0 Å². The Hall–Kier alpha value is -1.98. The highest BCUT2D eigenvalue weighted by molar-refractivity contribution is 9.15. The summed E-state index contributed by atoms with van der Waals surface area (Å²) in [5.41, 5.74) is 2.63. The molecule has 3 rings (SSSR count). The summed E-state index contributed by atoms with van der Waals surface area (Å²) in [7, 11) is 3.26. The van der Waals surface area contributed by atoms with Crippen molar-refractivity contribution in [1.29, 1.82) is 0 Å². The Bertz CT molecular complexity index is 712. The Labute approximate surface area is 137 Å². The molecule has 5 heteroatoms. The van der Waals surface area contributed by atoms with E-state index >= 15 is 0 Å². The normalized spacial score (nSPS) is 16.8. The van der Waals surface area contributed by atoms with Crippen LogP contribution in [0.2, 0.25) is 0 Å². The van der Waals surface area contributed by atoms with Gasteiger partial charge in [-0.05, 0) is 52.3 Å². The van der Waals surface area contributed by atoms with Crippen molar-refractivity contribution >= 4 is 26.1 Å². The third kappa shape index (κ3) is 2.58. The Morgan fingerprint density at radius 3 is 2.27 bits per heavy atom. The standard InChI is InChI=1S/C17H16BrNO3/c1-21-12-5-3-11(4-6-12)19-10-16(18)15-9-13(22-2)7-8-14(15)17(19)20/h3-10,17,20H,1-2H3. The van der Waals surface area contributed by atoms with Crippen molar-refractivity contribution in [1.82, 2.24) is 0 Å². The summed E-state index contributed by atoms with van der Waals surface area (Å²) >= 11 is 3.57. The van der Waals surface area contributed by atoms with Gasteiger partial charge in [-0.25, -0.2) is 0 Å². The number of benzene rings is 2. The molecule has 0 radical (unpaired) electrons. The van der Waals surface area contributed by atoms with Crippen molar-refractivity contribution in [3.05, 3.63) is 59.8 Å². The predicted molar refractivity (Wildman–Crippen MR) is 90.3 cm³/mol. The van der Waals surface area contributed by atoms with Crippen LogP contribution in [-0.2, 0) is 0 Å². The van der Waals surface area contributed by atoms with Gasteiger partial charge in [-0.15, -0.1) is 0 Å². The Balaban J connectivity index is 2.00. The summed E-state index contributed by atoms with van der Waals surface area (Å²) < 4.78 is 11.3. The molecule has 4 nitrogen and oxygen atoms in total. The van der Waals surface area contributed by atoms with Crippen molar-refractivity contribution < 1.29 is 14.6 Å². The molecule has 1 N–H and O–H groups in total. The molecule has 0 saturated heterocycles. The van der Waals surface area contributed by atoms with E-state index in [1.807, 2.05) is 48.7 Å². The smallest absolute Gasteiger partial charge is 0.157 e. The number of aliphatic hydroxyl groups excluding tert-OH is 1. The summed E-state index contributed by atoms with van der Waals surface area (Å²) in [6, 6.07) is 13.2. The first-order valence-electron chi connectivity index (χ1n) is 6.80. The Morgan fingerprint density at radius 2 is 1.64 bits per heavy atom. The molecular weight excluding hydrogens is 346 g/mol. The highest BCUT2D eigenvalue weighted by Crippen LogP contribution is 2.40. The number of aliphatic hydroxyl groups is 1. The number of hydrogen-bond donors (Lipinski definition) is 1. The van der Waals surface area contributed by atoms with Crippen LogP contribution in [0, 0.1) is 0 Å². The number of fused-ring (bicyclic) bond motifs is 1. The van der Waals surface area contributed by atoms with Crippen LogP contribution in [0.25, 0.3) is 4.48 Å². The quantitative estimate of drug-likeness (QED) is 0.899. The van der Waals surface area contributed by atoms with Crippen molar-refractivity contribution in [3.63, 3.8) is 0 Å². The van der Waals surface area contributed by atoms with Gasteiger partial charge in [-0.2, -0.15) is 0 Å². The average Bonchev–Trinajstić information content (AvgIpc) is 2.57. The Kier molecular flexibility index (Phi) is 4.09. The molecule has 22 heavy (non-hydrogen) atoms. The molecule has 1 atom stereocenters. The molecule has 0 spiro atoms. The van der Waals surface area contributed by atoms with Crippen molar-refractivity contribution in [3.8, 4) is 11.5 Å². The number of halogens is 1. The summed E-state index contributed by atoms with van der Waals surface area (Å²) in [5, 5.41) is 10.7. The number of ether oxygens (including phenoxy) is 2. The molecule has 1 aliphatic rings. The molecule has 1 unspecified atom stereocenters. The van der Waals surface area contributed by atoms with Gasteiger partial charge in [0.2, 0.25) is 0 Å². The lowest BCUT2D eigenvalue weighted by Gasteiger charge is -2.32. The molecule has 0 amide bonds. The van der Waals surface area contributed by atoms with Gasteiger partial charge in [0, 0.05) is 27.5 Å². The summed E-state index contributed by atoms with van der Waals surface area (Å²) in [6.07, 6.45) is 1.12. The minimum atomic E-state index is -0.754. The molecule has 0 aliphatic carbocycles. The number of hydrogen-bond acceptors (Lipinski definition) is 4. The number of anilines is 1. The summed E-state index contributed by atoms with van der Waals surface area (Å²) in [4.78, 5) is 1.80. The van der Waals surface area contributed by atoms with E-state index in [0.29, 0.717) is 0 Å². The van der Waals surface area contributed by atoms with Crippen molar-refractivity contribution in [2.45, 2.75) is 6.23 Å². The lowest BCUT2D eigenvalue weighted by molar-refractivity contribution is 0.181. The number of methoxy groups -OCH3 is 2. The van der Waals surface area contributed by atoms with E-state index in [-0.39, 0.29) is 0 Å². The van der Waals surface area contributed by atoms with Gasteiger partial charge in [0.05, 0.1) is 14.2 Å². The second-order valence-electron chi connectivity index (χ2n) is 4.91. The first-order chi connectivity index (χ1) is 10.6. The zero-order valence-corrected chi connectivity index (χ0v) is 13.9. The molecule has 0 bridgehead atoms. The van der Waals surface area contributed by atoms with E-state index in [4.69, 9.17) is 9.47 Å². The summed E-state index contributed by atoms with van der Waals surface area (Å²) in [5.74, 6) is 1.54. The van der Waals surface area contributed by atoms with Crippen molar-refractivity contribution in [2.24, 2.45) is 0 Å². The molecule has 1 heterocycles. The Morgan fingerprint density at radius 1 is 1.00 bits per heavy atom. The average molecular weight is 362 g/mol. The third-order valence-electron chi connectivity index (χ3n) is 3.68. The van der Waals surface area contributed by atoms with Crippen LogP contribution >= 0.6 is 15.9 Å². The first kappa shape index (κ1) is 14.9. The molecule has 0 aromatic heterocycles. The SMILES string of the molecule is COc1ccc(N2C=C(Br)c3cc(OC)ccc3C2O)cc1. The molecule has 0 fully saturated rings. The van der Waals surface area contributed by atoms with Gasteiger partial charge in [0.25, 0.3) is 0 Å². The van der Waals surface area contributed by atoms with Gasteiger partial charge < -0.3 is 19.5 Å². The first-order valence-corrected chi connectivity index (χ1v) is 7.59. The maximum absolute atomic E-state index is 10.7. The molecule has 114 valence electrons. The maximum atomic E-state index is 10.7. The topological polar surface area (TPSA) is 41.9 Å². The predicted octanol–water partition coefficient (Wildman–Crippen LogP) is 3.91. The fourth-order valence-corrected chi connectivity index (χ4v) is 3.04. The van der Waals surface area contributed by atoms with Gasteiger partial charge >= 0.3 is 0 Å². The monoisotopic (exact) mass is 361 g/mol. The van der Waals surface area contributed by atoms with Crippen LogP contribution in [0.15, 0.2) is 48.7 Å². The van der Waals surface area contributed by atoms with E-state index < -0.39 is 6.23 Å². The minimum Gasteiger partial charge on any atom is -0.497 e. The van der Waals surface area contributed by atoms with Crippen molar-refractivity contribution in [2.75, 3.05) is 19.1 Å². The van der Waals surface area contributed by atoms with E-state index in [1.54, 1.807) is 19.1 Å². The van der Waals surface area contributed by atoms with E-state index in [2.05, 4.69) is 15.9 Å². The van der Waals surface area contributed by atoms with E-state index in [1.165, 1.54) is 0 Å². The molecule has 2 aromatic rings. The lowest BCUT2D eigenvalue weighted by atomic mass is 10.0. The largest absolute Gasteiger partial charge is 0.497 e. The van der Waals surface area contributed by atoms with Gasteiger partial charge in [0.1, 0.15) is 11.5 Å². The third-order valence-corrected chi connectivity index (χ3v) is 4.31. The molecule has 0 saturated carbocycles. The van der Waals surface area contributed by atoms with Crippen LogP contribution < -0.4 is 14.4 Å². The molecular formula is C17H16BrNO3. The number of rotatable bonds is 3. The van der Waals surface area contributed by atoms with Gasteiger partial charge in [0.15, 0.2) is 6.23 Å². The molecule has 2 aromatic carbocycles. The van der Waals surface area contributed by atoms with Crippen LogP contribution in [-0.4, -0.2) is 19.3 Å². The maximum Gasteiger partial charge on any atom is 0.157 e. The van der Waals surface area contributed by atoms with Gasteiger partial charge in [-0.3, -0.25) is 0 Å². The second kappa shape index (κ2) is 6.02. The lowest BCUT2D eigenvalue weighted by Crippen LogP contribution is -2.26. The van der Waals surface area contributed by atoms with Crippen LogP contribution in [0.4, 0.5) is 5.69 Å². The van der Waals surface area contributed by atoms with E-state index in [0.717, 1.165) is 32.8 Å². The second-order valence-corrected chi connectivity index (χ2v) is 5.76. The zero-order chi connectivity index (χ0) is 15.7. The van der Waals surface area contributed by atoms with E-state index in [9.17, 15) is 5.11 Å². The zero-order valence-electron chi connectivity index (χ0n) is 12.3. The minimum absolute atomic E-state index is 0.754.